The van der Waals surface area contributed by atoms with Gasteiger partial charge in [-0.2, -0.15) is 11.8 Å². The van der Waals surface area contributed by atoms with Crippen molar-refractivity contribution >= 4 is 11.8 Å². The number of thioether (sulfide) groups is 1. The van der Waals surface area contributed by atoms with Gasteiger partial charge in [0.25, 0.3) is 0 Å². The molecule has 1 rings (SSSR count). The minimum absolute atomic E-state index is 0.538. The average Bonchev–Trinajstić information content (AvgIpc) is 2.29. The van der Waals surface area contributed by atoms with Crippen LogP contribution in [0.5, 0.6) is 0 Å². The molecule has 0 fully saturated rings. The molecule has 1 aromatic heterocycles. The van der Waals surface area contributed by atoms with Gasteiger partial charge in [-0.1, -0.05) is 13.0 Å². The van der Waals surface area contributed by atoms with Crippen LogP contribution in [0.2, 0.25) is 0 Å². The van der Waals surface area contributed by atoms with Gasteiger partial charge in [0.15, 0.2) is 0 Å². The molecule has 1 aromatic rings. The minimum atomic E-state index is 0.538. The first-order valence-electron chi connectivity index (χ1n) is 5.51. The molecule has 0 saturated carbocycles. The summed E-state index contributed by atoms with van der Waals surface area (Å²) in [5.74, 6) is 2.42. The van der Waals surface area contributed by atoms with E-state index in [9.17, 15) is 0 Å². The van der Waals surface area contributed by atoms with Gasteiger partial charge in [0.2, 0.25) is 0 Å². The van der Waals surface area contributed by atoms with Crippen molar-refractivity contribution in [3.63, 3.8) is 0 Å². The van der Waals surface area contributed by atoms with Gasteiger partial charge in [-0.05, 0) is 31.4 Å². The summed E-state index contributed by atoms with van der Waals surface area (Å²) in [7, 11) is 2.03. The second-order valence-corrected chi connectivity index (χ2v) is 4.74. The Morgan fingerprint density at radius 1 is 1.47 bits per heavy atom. The van der Waals surface area contributed by atoms with Crippen LogP contribution in [0.15, 0.2) is 24.4 Å². The predicted octanol–water partition coefficient (Wildman–Crippen LogP) is 2.36. The number of hydrogen-bond acceptors (Lipinski definition) is 3. The Morgan fingerprint density at radius 2 is 2.33 bits per heavy atom. The highest BCUT2D eigenvalue weighted by Gasteiger charge is 2.07. The van der Waals surface area contributed by atoms with E-state index in [1.807, 2.05) is 37.1 Å². The maximum absolute atomic E-state index is 4.35. The molecule has 0 aliphatic carbocycles. The van der Waals surface area contributed by atoms with Gasteiger partial charge in [-0.25, -0.2) is 0 Å². The molecule has 0 bridgehead atoms. The van der Waals surface area contributed by atoms with Crippen LogP contribution in [0.25, 0.3) is 0 Å². The summed E-state index contributed by atoms with van der Waals surface area (Å²) in [6.45, 7) is 2.22. The van der Waals surface area contributed by atoms with E-state index in [0.717, 1.165) is 6.42 Å². The summed E-state index contributed by atoms with van der Waals surface area (Å²) >= 11 is 2.01. The molecule has 0 aliphatic rings. The van der Waals surface area contributed by atoms with E-state index in [0.29, 0.717) is 6.04 Å². The average molecular weight is 224 g/mol. The molecule has 1 unspecified atom stereocenters. The molecule has 0 saturated heterocycles. The molecule has 1 heterocycles. The van der Waals surface area contributed by atoms with Gasteiger partial charge < -0.3 is 5.32 Å². The zero-order valence-corrected chi connectivity index (χ0v) is 10.4. The fourth-order valence-electron chi connectivity index (χ4n) is 1.39. The Balaban J connectivity index is 2.33. The van der Waals surface area contributed by atoms with Crippen molar-refractivity contribution in [2.75, 3.05) is 18.6 Å². The maximum Gasteiger partial charge on any atom is 0.0419 e. The normalized spacial score (nSPS) is 12.7. The van der Waals surface area contributed by atoms with Crippen molar-refractivity contribution in [1.29, 1.82) is 0 Å². The number of likely N-dealkylation sites (N-methyl/N-ethyl adjacent to an activating group) is 1. The Morgan fingerprint density at radius 3 is 2.93 bits per heavy atom. The van der Waals surface area contributed by atoms with Crippen LogP contribution in [-0.2, 0) is 6.42 Å². The molecule has 15 heavy (non-hydrogen) atoms. The van der Waals surface area contributed by atoms with Crippen molar-refractivity contribution in [1.82, 2.24) is 10.3 Å². The zero-order chi connectivity index (χ0) is 10.9. The van der Waals surface area contributed by atoms with Gasteiger partial charge in [0, 0.05) is 30.1 Å². The van der Waals surface area contributed by atoms with Crippen molar-refractivity contribution < 1.29 is 0 Å². The van der Waals surface area contributed by atoms with E-state index < -0.39 is 0 Å². The lowest BCUT2D eigenvalue weighted by Crippen LogP contribution is -2.30. The molecule has 0 radical (unpaired) electrons. The molecule has 1 atom stereocenters. The lowest BCUT2D eigenvalue weighted by molar-refractivity contribution is 0.609. The number of nitrogens with zero attached hydrogens (tertiary/aromatic N) is 1. The van der Waals surface area contributed by atoms with Gasteiger partial charge in [0.05, 0.1) is 0 Å². The summed E-state index contributed by atoms with van der Waals surface area (Å²) in [6.07, 6.45) is 4.14. The fraction of sp³-hybridized carbons (Fsp3) is 0.583. The van der Waals surface area contributed by atoms with Crippen LogP contribution in [0.3, 0.4) is 0 Å². The SMILES string of the molecule is CCCSCC(Cc1ccccn1)NC. The molecule has 84 valence electrons. The summed E-state index contributed by atoms with van der Waals surface area (Å²) in [5, 5.41) is 3.35. The van der Waals surface area contributed by atoms with Crippen LogP contribution in [0.1, 0.15) is 19.0 Å². The van der Waals surface area contributed by atoms with Gasteiger partial charge >= 0.3 is 0 Å². The fourth-order valence-corrected chi connectivity index (χ4v) is 2.41. The molecule has 0 aromatic carbocycles. The van der Waals surface area contributed by atoms with Crippen LogP contribution >= 0.6 is 11.8 Å². The number of rotatable bonds is 7. The van der Waals surface area contributed by atoms with E-state index in [-0.39, 0.29) is 0 Å². The second-order valence-electron chi connectivity index (χ2n) is 3.59. The van der Waals surface area contributed by atoms with E-state index in [1.165, 1.54) is 23.6 Å². The van der Waals surface area contributed by atoms with Crippen molar-refractivity contribution in [3.05, 3.63) is 30.1 Å². The third-order valence-corrected chi connectivity index (χ3v) is 3.59. The first-order chi connectivity index (χ1) is 7.36. The molecule has 1 N–H and O–H groups in total. The van der Waals surface area contributed by atoms with E-state index in [4.69, 9.17) is 0 Å². The summed E-state index contributed by atoms with van der Waals surface area (Å²) in [6, 6.07) is 6.64. The summed E-state index contributed by atoms with van der Waals surface area (Å²) in [5.41, 5.74) is 1.17. The number of pyridine rings is 1. The van der Waals surface area contributed by atoms with E-state index in [1.54, 1.807) is 0 Å². The molecule has 3 heteroatoms. The van der Waals surface area contributed by atoms with Crippen LogP contribution in [0, 0.1) is 0 Å². The number of aromatic nitrogens is 1. The second kappa shape index (κ2) is 7.71. The highest BCUT2D eigenvalue weighted by Crippen LogP contribution is 2.08. The van der Waals surface area contributed by atoms with E-state index in [2.05, 4.69) is 23.3 Å². The summed E-state index contributed by atoms with van der Waals surface area (Å²) < 4.78 is 0. The molecular formula is C12H20N2S. The van der Waals surface area contributed by atoms with Gasteiger partial charge in [-0.3, -0.25) is 4.98 Å². The smallest absolute Gasteiger partial charge is 0.0419 e. The Labute approximate surface area is 96.9 Å². The molecule has 2 nitrogen and oxygen atoms in total. The molecule has 0 spiro atoms. The van der Waals surface area contributed by atoms with Crippen LogP contribution < -0.4 is 5.32 Å². The van der Waals surface area contributed by atoms with Crippen molar-refractivity contribution in [2.24, 2.45) is 0 Å². The van der Waals surface area contributed by atoms with Crippen LogP contribution in [0.4, 0.5) is 0 Å². The minimum Gasteiger partial charge on any atom is -0.316 e. The molecule has 0 aliphatic heterocycles. The summed E-state index contributed by atoms with van der Waals surface area (Å²) in [4.78, 5) is 4.35. The Hall–Kier alpha value is -0.540. The third-order valence-electron chi connectivity index (χ3n) is 2.26. The highest BCUT2D eigenvalue weighted by molar-refractivity contribution is 7.99. The molecular weight excluding hydrogens is 204 g/mol. The highest BCUT2D eigenvalue weighted by atomic mass is 32.2. The van der Waals surface area contributed by atoms with Crippen LogP contribution in [-0.4, -0.2) is 29.6 Å². The molecule has 0 amide bonds. The van der Waals surface area contributed by atoms with Crippen molar-refractivity contribution in [3.8, 4) is 0 Å². The third kappa shape index (κ3) is 5.19. The Kier molecular flexibility index (Phi) is 6.44. The largest absolute Gasteiger partial charge is 0.316 e. The van der Waals surface area contributed by atoms with Crippen molar-refractivity contribution in [2.45, 2.75) is 25.8 Å². The first kappa shape index (κ1) is 12.5. The van der Waals surface area contributed by atoms with E-state index >= 15 is 0 Å². The van der Waals surface area contributed by atoms with Gasteiger partial charge in [-0.15, -0.1) is 0 Å². The first-order valence-corrected chi connectivity index (χ1v) is 6.67. The van der Waals surface area contributed by atoms with Gasteiger partial charge in [0.1, 0.15) is 0 Å². The monoisotopic (exact) mass is 224 g/mol. The standard InChI is InChI=1S/C12H20N2S/c1-3-8-15-10-12(13-2)9-11-6-4-5-7-14-11/h4-7,12-13H,3,8-10H2,1-2H3. The lowest BCUT2D eigenvalue weighted by atomic mass is 10.2. The Bertz CT molecular complexity index is 251. The zero-order valence-electron chi connectivity index (χ0n) is 9.57. The maximum atomic E-state index is 4.35. The quantitative estimate of drug-likeness (QED) is 0.720. The topological polar surface area (TPSA) is 24.9 Å². The lowest BCUT2D eigenvalue weighted by Gasteiger charge is -2.14. The predicted molar refractivity (Wildman–Crippen MR) is 68.4 cm³/mol. The number of hydrogen-bond donors (Lipinski definition) is 1. The number of nitrogens with one attached hydrogen (secondary N) is 1.